The Kier molecular flexibility index (Phi) is 7.03. The number of carbonyl (C=O) groups is 2. The molecule has 144 valence electrons. The number of hydrogen-bond donors (Lipinski definition) is 1. The summed E-state index contributed by atoms with van der Waals surface area (Å²) in [7, 11) is 0. The fourth-order valence-electron chi connectivity index (χ4n) is 3.44. The third-order valence-corrected chi connectivity index (χ3v) is 5.27. The molecule has 2 amide bonds. The Hall–Kier alpha value is -1.63. The minimum Gasteiger partial charge on any atom is -0.381 e. The van der Waals surface area contributed by atoms with E-state index in [1.165, 1.54) is 5.56 Å². The number of rotatable bonds is 3. The van der Waals surface area contributed by atoms with Crippen LogP contribution >= 0.6 is 12.4 Å². The summed E-state index contributed by atoms with van der Waals surface area (Å²) in [5, 5.41) is 0. The molecule has 7 heteroatoms. The second-order valence-corrected chi connectivity index (χ2v) is 6.90. The highest BCUT2D eigenvalue weighted by molar-refractivity contribution is 5.94. The van der Waals surface area contributed by atoms with Gasteiger partial charge in [-0.15, -0.1) is 12.4 Å². The van der Waals surface area contributed by atoms with E-state index in [-0.39, 0.29) is 24.2 Å². The fraction of sp³-hybridized carbons (Fsp3) is 0.579. The van der Waals surface area contributed by atoms with Crippen molar-refractivity contribution in [3.05, 3.63) is 35.4 Å². The third kappa shape index (κ3) is 4.37. The van der Waals surface area contributed by atoms with Gasteiger partial charge in [-0.1, -0.05) is 19.1 Å². The number of amides is 2. The highest BCUT2D eigenvalue weighted by atomic mass is 35.5. The maximum Gasteiger partial charge on any atom is 0.253 e. The number of carbonyl (C=O) groups excluding carboxylic acids is 2. The van der Waals surface area contributed by atoms with Crippen molar-refractivity contribution >= 4 is 24.2 Å². The molecule has 0 spiro atoms. The Morgan fingerprint density at radius 3 is 2.12 bits per heavy atom. The van der Waals surface area contributed by atoms with Gasteiger partial charge < -0.3 is 20.3 Å². The van der Waals surface area contributed by atoms with E-state index in [0.717, 1.165) is 6.42 Å². The highest BCUT2D eigenvalue weighted by Crippen LogP contribution is 2.21. The quantitative estimate of drug-likeness (QED) is 0.860. The molecule has 0 atom stereocenters. The molecule has 2 N–H and O–H groups in total. The van der Waals surface area contributed by atoms with Crippen molar-refractivity contribution in [1.29, 1.82) is 0 Å². The van der Waals surface area contributed by atoms with Gasteiger partial charge in [-0.3, -0.25) is 9.59 Å². The van der Waals surface area contributed by atoms with Crippen molar-refractivity contribution in [1.82, 2.24) is 9.80 Å². The van der Waals surface area contributed by atoms with Crippen molar-refractivity contribution in [2.75, 3.05) is 39.4 Å². The largest absolute Gasteiger partial charge is 0.381 e. The minimum absolute atomic E-state index is 0. The van der Waals surface area contributed by atoms with Crippen molar-refractivity contribution in [2.24, 2.45) is 5.73 Å². The van der Waals surface area contributed by atoms with Crippen molar-refractivity contribution in [3.8, 4) is 0 Å². The monoisotopic (exact) mass is 381 g/mol. The number of halogens is 1. The van der Waals surface area contributed by atoms with Crippen molar-refractivity contribution in [3.63, 3.8) is 0 Å². The van der Waals surface area contributed by atoms with Gasteiger partial charge >= 0.3 is 0 Å². The molecule has 2 saturated heterocycles. The van der Waals surface area contributed by atoms with Gasteiger partial charge in [0.15, 0.2) is 0 Å². The first kappa shape index (κ1) is 20.7. The summed E-state index contributed by atoms with van der Waals surface area (Å²) < 4.78 is 5.31. The van der Waals surface area contributed by atoms with Crippen molar-refractivity contribution < 1.29 is 14.3 Å². The molecule has 0 aliphatic carbocycles. The fourth-order valence-corrected chi connectivity index (χ4v) is 3.44. The van der Waals surface area contributed by atoms with Crippen LogP contribution in [0.4, 0.5) is 0 Å². The zero-order valence-electron chi connectivity index (χ0n) is 15.3. The molecule has 26 heavy (non-hydrogen) atoms. The van der Waals surface area contributed by atoms with Gasteiger partial charge in [0.25, 0.3) is 5.91 Å². The lowest BCUT2D eigenvalue weighted by Gasteiger charge is -2.40. The van der Waals surface area contributed by atoms with Gasteiger partial charge in [-0.25, -0.2) is 0 Å². The van der Waals surface area contributed by atoms with Gasteiger partial charge in [-0.2, -0.15) is 0 Å². The molecule has 0 unspecified atom stereocenters. The maximum absolute atomic E-state index is 12.7. The van der Waals surface area contributed by atoms with Crippen LogP contribution in [0.15, 0.2) is 24.3 Å². The van der Waals surface area contributed by atoms with E-state index in [2.05, 4.69) is 6.92 Å². The van der Waals surface area contributed by atoms with Crippen LogP contribution in [0.3, 0.4) is 0 Å². The number of benzene rings is 1. The SMILES string of the molecule is CCc1ccc(C(=O)N2CCN(C(=O)C3(N)CCOCC3)CC2)cc1.Cl. The van der Waals surface area contributed by atoms with E-state index in [4.69, 9.17) is 10.5 Å². The average Bonchev–Trinajstić information content (AvgIpc) is 2.67. The zero-order chi connectivity index (χ0) is 17.9. The molecule has 0 aromatic heterocycles. The minimum atomic E-state index is -0.805. The predicted octanol–water partition coefficient (Wildman–Crippen LogP) is 1.46. The lowest BCUT2D eigenvalue weighted by Crippen LogP contribution is -2.61. The van der Waals surface area contributed by atoms with Crippen LogP contribution in [-0.4, -0.2) is 66.5 Å². The molecule has 0 bridgehead atoms. The number of ether oxygens (including phenoxy) is 1. The molecule has 1 aromatic carbocycles. The molecule has 2 heterocycles. The topological polar surface area (TPSA) is 75.9 Å². The summed E-state index contributed by atoms with van der Waals surface area (Å²) in [6.07, 6.45) is 2.09. The van der Waals surface area contributed by atoms with E-state index in [0.29, 0.717) is 57.8 Å². The Morgan fingerprint density at radius 1 is 1.04 bits per heavy atom. The number of nitrogens with zero attached hydrogens (tertiary/aromatic N) is 2. The van der Waals surface area contributed by atoms with E-state index >= 15 is 0 Å². The number of piperazine rings is 1. The van der Waals surface area contributed by atoms with Crippen LogP contribution in [0.2, 0.25) is 0 Å². The second kappa shape index (κ2) is 8.84. The zero-order valence-corrected chi connectivity index (χ0v) is 16.1. The van der Waals surface area contributed by atoms with Crippen LogP contribution in [-0.2, 0) is 16.0 Å². The Labute approximate surface area is 161 Å². The summed E-state index contributed by atoms with van der Waals surface area (Å²) in [5.74, 6) is 0.0264. The lowest BCUT2D eigenvalue weighted by molar-refractivity contribution is -0.142. The summed E-state index contributed by atoms with van der Waals surface area (Å²) in [4.78, 5) is 29.0. The van der Waals surface area contributed by atoms with Gasteiger partial charge in [0.1, 0.15) is 0 Å². The van der Waals surface area contributed by atoms with Crippen LogP contribution in [0.1, 0.15) is 35.7 Å². The number of aryl methyl sites for hydroxylation is 1. The van der Waals surface area contributed by atoms with Crippen molar-refractivity contribution in [2.45, 2.75) is 31.7 Å². The third-order valence-electron chi connectivity index (χ3n) is 5.27. The van der Waals surface area contributed by atoms with Gasteiger partial charge in [-0.05, 0) is 37.0 Å². The lowest BCUT2D eigenvalue weighted by atomic mass is 9.89. The van der Waals surface area contributed by atoms with E-state index in [1.807, 2.05) is 29.2 Å². The Morgan fingerprint density at radius 2 is 1.58 bits per heavy atom. The summed E-state index contributed by atoms with van der Waals surface area (Å²) in [6, 6.07) is 7.76. The van der Waals surface area contributed by atoms with E-state index in [9.17, 15) is 9.59 Å². The maximum atomic E-state index is 12.7. The molecule has 2 fully saturated rings. The standard InChI is InChI=1S/C19H27N3O3.ClH/c1-2-15-3-5-16(6-4-15)17(23)21-9-11-22(12-10-21)18(24)19(20)7-13-25-14-8-19;/h3-6H,2,7-14,20H2,1H3;1H. The number of nitrogens with two attached hydrogens (primary N) is 1. The molecule has 1 aromatic rings. The summed E-state index contributed by atoms with van der Waals surface area (Å²) >= 11 is 0. The first-order valence-electron chi connectivity index (χ1n) is 9.08. The first-order valence-corrected chi connectivity index (χ1v) is 9.08. The second-order valence-electron chi connectivity index (χ2n) is 6.90. The Balaban J connectivity index is 0.00000243. The van der Waals surface area contributed by atoms with Crippen LogP contribution in [0, 0.1) is 0 Å². The average molecular weight is 382 g/mol. The summed E-state index contributed by atoms with van der Waals surface area (Å²) in [6.45, 7) is 5.34. The molecule has 3 rings (SSSR count). The normalized spacial score (nSPS) is 19.6. The molecule has 6 nitrogen and oxygen atoms in total. The van der Waals surface area contributed by atoms with E-state index < -0.39 is 5.54 Å². The predicted molar refractivity (Wildman–Crippen MR) is 103 cm³/mol. The highest BCUT2D eigenvalue weighted by Gasteiger charge is 2.40. The summed E-state index contributed by atoms with van der Waals surface area (Å²) in [5.41, 5.74) is 7.41. The first-order chi connectivity index (χ1) is 12.0. The van der Waals surface area contributed by atoms with Crippen LogP contribution in [0.5, 0.6) is 0 Å². The van der Waals surface area contributed by atoms with Crippen LogP contribution < -0.4 is 5.73 Å². The molecule has 0 saturated carbocycles. The van der Waals surface area contributed by atoms with Gasteiger partial charge in [0.2, 0.25) is 5.91 Å². The number of hydrogen-bond acceptors (Lipinski definition) is 4. The van der Waals surface area contributed by atoms with Gasteiger partial charge in [0, 0.05) is 45.0 Å². The Bertz CT molecular complexity index is 621. The molecular weight excluding hydrogens is 354 g/mol. The van der Waals surface area contributed by atoms with Gasteiger partial charge in [0.05, 0.1) is 5.54 Å². The molecular formula is C19H28ClN3O3. The molecule has 0 radical (unpaired) electrons. The van der Waals surface area contributed by atoms with E-state index in [1.54, 1.807) is 4.90 Å². The smallest absolute Gasteiger partial charge is 0.253 e. The van der Waals surface area contributed by atoms with Crippen LogP contribution in [0.25, 0.3) is 0 Å². The molecule has 2 aliphatic heterocycles. The molecule has 2 aliphatic rings.